The van der Waals surface area contributed by atoms with Crippen molar-refractivity contribution in [2.45, 2.75) is 13.8 Å². The van der Waals surface area contributed by atoms with Crippen LogP contribution in [0.3, 0.4) is 0 Å². The normalized spacial score (nSPS) is 11.7. The van der Waals surface area contributed by atoms with Crippen molar-refractivity contribution < 1.29 is 0 Å². The Morgan fingerprint density at radius 2 is 2.00 bits per heavy atom. The minimum atomic E-state index is 0.690. The zero-order chi connectivity index (χ0) is 18.4. The molecule has 0 unspecified atom stereocenters. The second-order valence-corrected chi connectivity index (χ2v) is 7.31. The summed E-state index contributed by atoms with van der Waals surface area (Å²) in [5.41, 5.74) is 0.889. The molecule has 0 aliphatic rings. The Labute approximate surface area is 163 Å². The van der Waals surface area contributed by atoms with Crippen molar-refractivity contribution in [3.8, 4) is 0 Å². The van der Waals surface area contributed by atoms with Crippen molar-refractivity contribution in [2.24, 2.45) is 0 Å². The van der Waals surface area contributed by atoms with Crippen LogP contribution < -0.4 is 5.32 Å². The van der Waals surface area contributed by atoms with Crippen LogP contribution in [0.25, 0.3) is 23.1 Å². The molecule has 2 aromatic heterocycles. The molecule has 0 spiro atoms. The SMILES string of the molecule is CCN(CC)CCNc1nc(C=Cc2cccs2)nc2ccc(Cl)cc12. The van der Waals surface area contributed by atoms with Gasteiger partial charge in [0.1, 0.15) is 5.82 Å². The van der Waals surface area contributed by atoms with Crippen molar-refractivity contribution in [3.63, 3.8) is 0 Å². The first kappa shape index (κ1) is 18.8. The van der Waals surface area contributed by atoms with E-state index in [1.807, 2.05) is 36.4 Å². The highest BCUT2D eigenvalue weighted by atomic mass is 35.5. The first-order valence-electron chi connectivity index (χ1n) is 8.84. The molecule has 0 bridgehead atoms. The number of benzene rings is 1. The van der Waals surface area contributed by atoms with E-state index in [1.165, 1.54) is 4.88 Å². The van der Waals surface area contributed by atoms with Gasteiger partial charge in [0.25, 0.3) is 0 Å². The van der Waals surface area contributed by atoms with Crippen LogP contribution in [0.5, 0.6) is 0 Å². The maximum Gasteiger partial charge on any atom is 0.155 e. The maximum absolute atomic E-state index is 6.18. The molecule has 0 saturated heterocycles. The Morgan fingerprint density at radius 1 is 1.15 bits per heavy atom. The van der Waals surface area contributed by atoms with E-state index in [4.69, 9.17) is 16.6 Å². The average Bonchev–Trinajstić information content (AvgIpc) is 3.17. The Hall–Kier alpha value is -1.95. The fourth-order valence-electron chi connectivity index (χ4n) is 2.74. The lowest BCUT2D eigenvalue weighted by Gasteiger charge is -2.18. The quantitative estimate of drug-likeness (QED) is 0.572. The van der Waals surface area contributed by atoms with E-state index in [2.05, 4.69) is 40.5 Å². The van der Waals surface area contributed by atoms with E-state index in [0.29, 0.717) is 10.8 Å². The molecular formula is C20H23ClN4S. The lowest BCUT2D eigenvalue weighted by atomic mass is 10.2. The number of anilines is 1. The number of nitrogens with one attached hydrogen (secondary N) is 1. The minimum absolute atomic E-state index is 0.690. The first-order chi connectivity index (χ1) is 12.7. The Bertz CT molecular complexity index is 873. The molecule has 0 amide bonds. The summed E-state index contributed by atoms with van der Waals surface area (Å²) in [5.74, 6) is 1.52. The molecule has 0 atom stereocenters. The predicted octanol–water partition coefficient (Wildman–Crippen LogP) is 5.27. The van der Waals surface area contributed by atoms with Crippen LogP contribution in [0.4, 0.5) is 5.82 Å². The smallest absolute Gasteiger partial charge is 0.155 e. The number of likely N-dealkylation sites (N-methyl/N-ethyl adjacent to an activating group) is 1. The molecule has 2 heterocycles. The predicted molar refractivity (Wildman–Crippen MR) is 114 cm³/mol. The molecule has 0 fully saturated rings. The molecule has 6 heteroatoms. The highest BCUT2D eigenvalue weighted by molar-refractivity contribution is 7.10. The third-order valence-electron chi connectivity index (χ3n) is 4.23. The van der Waals surface area contributed by atoms with Gasteiger partial charge in [0.05, 0.1) is 5.52 Å². The van der Waals surface area contributed by atoms with Crippen molar-refractivity contribution in [2.75, 3.05) is 31.5 Å². The van der Waals surface area contributed by atoms with Gasteiger partial charge in [-0.15, -0.1) is 11.3 Å². The van der Waals surface area contributed by atoms with E-state index in [1.54, 1.807) is 11.3 Å². The van der Waals surface area contributed by atoms with Gasteiger partial charge in [-0.3, -0.25) is 0 Å². The van der Waals surface area contributed by atoms with Crippen molar-refractivity contribution in [1.29, 1.82) is 0 Å². The molecule has 136 valence electrons. The van der Waals surface area contributed by atoms with Gasteiger partial charge in [-0.1, -0.05) is 31.5 Å². The van der Waals surface area contributed by atoms with E-state index >= 15 is 0 Å². The number of hydrogen-bond donors (Lipinski definition) is 1. The number of hydrogen-bond acceptors (Lipinski definition) is 5. The fraction of sp³-hybridized carbons (Fsp3) is 0.300. The van der Waals surface area contributed by atoms with Crippen molar-refractivity contribution in [1.82, 2.24) is 14.9 Å². The van der Waals surface area contributed by atoms with Gasteiger partial charge in [0, 0.05) is 28.4 Å². The third-order valence-corrected chi connectivity index (χ3v) is 5.30. The molecule has 0 aliphatic heterocycles. The maximum atomic E-state index is 6.18. The lowest BCUT2D eigenvalue weighted by molar-refractivity contribution is 0.316. The average molecular weight is 387 g/mol. The van der Waals surface area contributed by atoms with Gasteiger partial charge in [-0.2, -0.15) is 0 Å². The highest BCUT2D eigenvalue weighted by Crippen LogP contribution is 2.24. The molecule has 0 saturated carbocycles. The number of aromatic nitrogens is 2. The monoisotopic (exact) mass is 386 g/mol. The minimum Gasteiger partial charge on any atom is -0.368 e. The fourth-order valence-corrected chi connectivity index (χ4v) is 3.53. The summed E-state index contributed by atoms with van der Waals surface area (Å²) in [6.07, 6.45) is 4.00. The van der Waals surface area contributed by atoms with Gasteiger partial charge < -0.3 is 10.2 Å². The summed E-state index contributed by atoms with van der Waals surface area (Å²) in [4.78, 5) is 12.9. The van der Waals surface area contributed by atoms with Gasteiger partial charge in [0.15, 0.2) is 5.82 Å². The number of fused-ring (bicyclic) bond motifs is 1. The summed E-state index contributed by atoms with van der Waals surface area (Å²) >= 11 is 7.88. The third kappa shape index (κ3) is 4.81. The molecule has 3 aromatic rings. The highest BCUT2D eigenvalue weighted by Gasteiger charge is 2.08. The standard InChI is InChI=1S/C20H23ClN4S/c1-3-25(4-2)12-11-22-20-17-14-15(21)7-9-18(17)23-19(24-20)10-8-16-6-5-13-26-16/h5-10,13-14H,3-4,11-12H2,1-2H3,(H,22,23,24). The van der Waals surface area contributed by atoms with Crippen LogP contribution in [0, 0.1) is 0 Å². The van der Waals surface area contributed by atoms with Crippen LogP contribution >= 0.6 is 22.9 Å². The Kier molecular flexibility index (Phi) is 6.61. The Morgan fingerprint density at radius 3 is 2.73 bits per heavy atom. The van der Waals surface area contributed by atoms with Gasteiger partial charge in [-0.25, -0.2) is 9.97 Å². The largest absolute Gasteiger partial charge is 0.368 e. The van der Waals surface area contributed by atoms with E-state index < -0.39 is 0 Å². The van der Waals surface area contributed by atoms with Crippen LogP contribution in [0.15, 0.2) is 35.7 Å². The van der Waals surface area contributed by atoms with Crippen molar-refractivity contribution in [3.05, 3.63) is 51.4 Å². The van der Waals surface area contributed by atoms with Gasteiger partial charge in [-0.05, 0) is 54.9 Å². The molecule has 4 nitrogen and oxygen atoms in total. The molecule has 0 aliphatic carbocycles. The van der Waals surface area contributed by atoms with Gasteiger partial charge >= 0.3 is 0 Å². The zero-order valence-corrected chi connectivity index (χ0v) is 16.6. The molecular weight excluding hydrogens is 364 g/mol. The van der Waals surface area contributed by atoms with E-state index in [9.17, 15) is 0 Å². The Balaban J connectivity index is 1.87. The zero-order valence-electron chi connectivity index (χ0n) is 15.1. The first-order valence-corrected chi connectivity index (χ1v) is 10.1. The van der Waals surface area contributed by atoms with Crippen molar-refractivity contribution >= 4 is 51.8 Å². The molecule has 1 N–H and O–H groups in total. The number of nitrogens with zero attached hydrogens (tertiary/aromatic N) is 3. The number of halogens is 1. The summed E-state index contributed by atoms with van der Waals surface area (Å²) in [6, 6.07) is 9.84. The second-order valence-electron chi connectivity index (χ2n) is 5.89. The number of rotatable bonds is 8. The van der Waals surface area contributed by atoms with E-state index in [-0.39, 0.29) is 0 Å². The van der Waals surface area contributed by atoms with E-state index in [0.717, 1.165) is 42.9 Å². The van der Waals surface area contributed by atoms with Crippen LogP contribution in [-0.2, 0) is 0 Å². The molecule has 1 aromatic carbocycles. The van der Waals surface area contributed by atoms with Crippen LogP contribution in [-0.4, -0.2) is 41.0 Å². The summed E-state index contributed by atoms with van der Waals surface area (Å²) in [5, 5.41) is 7.16. The number of thiophene rings is 1. The lowest BCUT2D eigenvalue weighted by Crippen LogP contribution is -2.28. The topological polar surface area (TPSA) is 41.0 Å². The second kappa shape index (κ2) is 9.12. The summed E-state index contributed by atoms with van der Waals surface area (Å²) in [6.45, 7) is 8.24. The molecule has 0 radical (unpaired) electrons. The summed E-state index contributed by atoms with van der Waals surface area (Å²) < 4.78 is 0. The van der Waals surface area contributed by atoms with Crippen LogP contribution in [0.1, 0.15) is 24.5 Å². The van der Waals surface area contributed by atoms with Crippen LogP contribution in [0.2, 0.25) is 5.02 Å². The molecule has 3 rings (SSSR count). The summed E-state index contributed by atoms with van der Waals surface area (Å²) in [7, 11) is 0. The van der Waals surface area contributed by atoms with Gasteiger partial charge in [0.2, 0.25) is 0 Å². The molecule has 26 heavy (non-hydrogen) atoms.